The van der Waals surface area contributed by atoms with Crippen molar-refractivity contribution in [3.63, 3.8) is 0 Å². The Morgan fingerprint density at radius 2 is 1.72 bits per heavy atom. The van der Waals surface area contributed by atoms with Gasteiger partial charge in [0, 0.05) is 50.1 Å². The first-order valence-corrected chi connectivity index (χ1v) is 11.3. The Morgan fingerprint density at radius 3 is 2.38 bits per heavy atom. The number of carbonyl (C=O) groups is 2. The number of benzene rings is 2. The highest BCUT2D eigenvalue weighted by Crippen LogP contribution is 2.35. The molecule has 0 saturated carbocycles. The van der Waals surface area contributed by atoms with Gasteiger partial charge in [0.25, 0.3) is 0 Å². The summed E-state index contributed by atoms with van der Waals surface area (Å²) in [6, 6.07) is 13.8. The summed E-state index contributed by atoms with van der Waals surface area (Å²) in [5, 5.41) is 3.51. The number of anilines is 1. The van der Waals surface area contributed by atoms with Crippen LogP contribution in [0, 0.1) is 5.82 Å². The number of amides is 2. The van der Waals surface area contributed by atoms with E-state index in [-0.39, 0.29) is 24.2 Å². The molecule has 1 N–H and O–H groups in total. The zero-order valence-electron chi connectivity index (χ0n) is 17.9. The lowest BCUT2D eigenvalue weighted by atomic mass is 9.73. The van der Waals surface area contributed by atoms with E-state index in [0.29, 0.717) is 62.8 Å². The van der Waals surface area contributed by atoms with Gasteiger partial charge in [-0.25, -0.2) is 4.39 Å². The van der Waals surface area contributed by atoms with Crippen LogP contribution in [0.1, 0.15) is 18.4 Å². The van der Waals surface area contributed by atoms with Gasteiger partial charge in [0.2, 0.25) is 11.8 Å². The molecule has 2 aliphatic heterocycles. The van der Waals surface area contributed by atoms with Crippen LogP contribution in [0.2, 0.25) is 5.02 Å². The first kappa shape index (κ1) is 22.6. The molecule has 8 heteroatoms. The first-order valence-electron chi connectivity index (χ1n) is 10.9. The van der Waals surface area contributed by atoms with Gasteiger partial charge < -0.3 is 19.9 Å². The third-order valence-corrected chi connectivity index (χ3v) is 6.63. The molecule has 2 aliphatic rings. The molecule has 6 nitrogen and oxygen atoms in total. The van der Waals surface area contributed by atoms with E-state index in [2.05, 4.69) is 10.2 Å². The van der Waals surface area contributed by atoms with Crippen LogP contribution in [0.4, 0.5) is 10.1 Å². The van der Waals surface area contributed by atoms with Gasteiger partial charge in [-0.05, 0) is 54.8 Å². The number of nitrogens with one attached hydrogen (secondary N) is 1. The molecule has 2 heterocycles. The van der Waals surface area contributed by atoms with Crippen molar-refractivity contribution in [3.05, 3.63) is 64.9 Å². The summed E-state index contributed by atoms with van der Waals surface area (Å²) in [6.45, 7) is 3.37. The monoisotopic (exact) mass is 459 g/mol. The maximum absolute atomic E-state index is 13.9. The molecular formula is C24H27ClFN3O3. The molecule has 0 atom stereocenters. The quantitative estimate of drug-likeness (QED) is 0.746. The summed E-state index contributed by atoms with van der Waals surface area (Å²) < 4.78 is 19.3. The van der Waals surface area contributed by atoms with Crippen molar-refractivity contribution >= 4 is 29.1 Å². The van der Waals surface area contributed by atoms with Crippen LogP contribution in [0.25, 0.3) is 0 Å². The van der Waals surface area contributed by atoms with Crippen LogP contribution in [0.5, 0.6) is 0 Å². The number of carbonyl (C=O) groups excluding carboxylic acids is 2. The Bertz CT molecular complexity index is 955. The zero-order chi connectivity index (χ0) is 22.6. The summed E-state index contributed by atoms with van der Waals surface area (Å²) in [5.74, 6) is -0.745. The van der Waals surface area contributed by atoms with Gasteiger partial charge in [-0.2, -0.15) is 0 Å². The van der Waals surface area contributed by atoms with Crippen molar-refractivity contribution in [3.8, 4) is 0 Å². The van der Waals surface area contributed by atoms with Gasteiger partial charge in [0.1, 0.15) is 5.82 Å². The number of halogens is 2. The molecule has 2 saturated heterocycles. The molecule has 2 aromatic rings. The average Bonchev–Trinajstić information content (AvgIpc) is 2.83. The van der Waals surface area contributed by atoms with Gasteiger partial charge in [-0.3, -0.25) is 9.59 Å². The van der Waals surface area contributed by atoms with Gasteiger partial charge in [-0.1, -0.05) is 23.7 Å². The van der Waals surface area contributed by atoms with Crippen LogP contribution in [0.3, 0.4) is 0 Å². The topological polar surface area (TPSA) is 61.9 Å². The van der Waals surface area contributed by atoms with E-state index in [1.807, 2.05) is 24.3 Å². The van der Waals surface area contributed by atoms with Gasteiger partial charge >= 0.3 is 0 Å². The predicted octanol–water partition coefficient (Wildman–Crippen LogP) is 2.99. The maximum atomic E-state index is 13.9. The third kappa shape index (κ3) is 4.89. The van der Waals surface area contributed by atoms with Crippen molar-refractivity contribution in [1.82, 2.24) is 10.2 Å². The van der Waals surface area contributed by atoms with Crippen LogP contribution in [-0.4, -0.2) is 62.7 Å². The van der Waals surface area contributed by atoms with E-state index >= 15 is 0 Å². The minimum atomic E-state index is -0.881. The van der Waals surface area contributed by atoms with E-state index < -0.39 is 5.41 Å². The number of hydrogen-bond acceptors (Lipinski definition) is 4. The second kappa shape index (κ2) is 9.88. The molecule has 32 heavy (non-hydrogen) atoms. The molecule has 0 bridgehead atoms. The summed E-state index contributed by atoms with van der Waals surface area (Å²) in [6.07, 6.45) is 0.909. The fraction of sp³-hybridized carbons (Fsp3) is 0.417. The number of rotatable bonds is 5. The highest BCUT2D eigenvalue weighted by molar-refractivity contribution is 6.30. The smallest absolute Gasteiger partial charge is 0.242 e. The summed E-state index contributed by atoms with van der Waals surface area (Å²) in [4.78, 5) is 29.9. The largest absolute Gasteiger partial charge is 0.381 e. The molecule has 0 unspecified atom stereocenters. The second-order valence-electron chi connectivity index (χ2n) is 8.23. The van der Waals surface area contributed by atoms with Gasteiger partial charge in [-0.15, -0.1) is 0 Å². The highest BCUT2D eigenvalue weighted by atomic mass is 35.5. The number of nitrogens with zero attached hydrogens (tertiary/aromatic N) is 2. The maximum Gasteiger partial charge on any atom is 0.242 e. The summed E-state index contributed by atoms with van der Waals surface area (Å²) in [7, 11) is 0. The molecule has 2 fully saturated rings. The van der Waals surface area contributed by atoms with E-state index in [0.717, 1.165) is 5.69 Å². The standard InChI is InChI=1S/C24H27ClFN3O3/c25-19-4-6-21(7-5-19)28-10-12-29(13-11-28)22(30)17-27-23(31)24(8-14-32-15-9-24)18-2-1-3-20(26)16-18/h1-7,16H,8-15,17H2,(H,27,31). The van der Waals surface area contributed by atoms with Crippen LogP contribution in [-0.2, 0) is 19.7 Å². The second-order valence-corrected chi connectivity index (χ2v) is 8.67. The Labute approximate surface area is 192 Å². The number of piperazine rings is 1. The SMILES string of the molecule is O=C(CNC(=O)C1(c2cccc(F)c2)CCOCC1)N1CCN(c2ccc(Cl)cc2)CC1. The highest BCUT2D eigenvalue weighted by Gasteiger charge is 2.42. The van der Waals surface area contributed by atoms with Crippen LogP contribution < -0.4 is 10.2 Å². The van der Waals surface area contributed by atoms with Crippen molar-refractivity contribution in [2.75, 3.05) is 50.8 Å². The predicted molar refractivity (Wildman–Crippen MR) is 121 cm³/mol. The Morgan fingerprint density at radius 1 is 1.03 bits per heavy atom. The van der Waals surface area contributed by atoms with Crippen molar-refractivity contribution in [1.29, 1.82) is 0 Å². The van der Waals surface area contributed by atoms with Crippen molar-refractivity contribution in [2.45, 2.75) is 18.3 Å². The number of ether oxygens (including phenoxy) is 1. The number of hydrogen-bond donors (Lipinski definition) is 1. The molecule has 2 aromatic carbocycles. The minimum absolute atomic E-state index is 0.0717. The normalized spacial score (nSPS) is 18.3. The van der Waals surface area contributed by atoms with Crippen LogP contribution in [0.15, 0.2) is 48.5 Å². The Hall–Kier alpha value is -2.64. The average molecular weight is 460 g/mol. The summed E-state index contributed by atoms with van der Waals surface area (Å²) >= 11 is 5.96. The first-order chi connectivity index (χ1) is 15.5. The lowest BCUT2D eigenvalue weighted by Crippen LogP contribution is -2.53. The Balaban J connectivity index is 1.34. The van der Waals surface area contributed by atoms with E-state index in [9.17, 15) is 14.0 Å². The van der Waals surface area contributed by atoms with E-state index in [1.54, 1.807) is 17.0 Å². The molecular weight excluding hydrogens is 433 g/mol. The van der Waals surface area contributed by atoms with Gasteiger partial charge in [0.15, 0.2) is 0 Å². The molecule has 0 aliphatic carbocycles. The lowest BCUT2D eigenvalue weighted by Gasteiger charge is -2.37. The molecule has 170 valence electrons. The van der Waals surface area contributed by atoms with Crippen molar-refractivity contribution < 1.29 is 18.7 Å². The fourth-order valence-corrected chi connectivity index (χ4v) is 4.58. The molecule has 4 rings (SSSR count). The molecule has 0 aromatic heterocycles. The minimum Gasteiger partial charge on any atom is -0.381 e. The van der Waals surface area contributed by atoms with E-state index in [4.69, 9.17) is 16.3 Å². The van der Waals surface area contributed by atoms with Crippen LogP contribution >= 0.6 is 11.6 Å². The van der Waals surface area contributed by atoms with Gasteiger partial charge in [0.05, 0.1) is 12.0 Å². The molecule has 2 amide bonds. The summed E-state index contributed by atoms with van der Waals surface area (Å²) in [5.41, 5.74) is 0.821. The van der Waals surface area contributed by atoms with E-state index in [1.165, 1.54) is 12.1 Å². The molecule has 0 spiro atoms. The fourth-order valence-electron chi connectivity index (χ4n) is 4.46. The zero-order valence-corrected chi connectivity index (χ0v) is 18.6. The van der Waals surface area contributed by atoms with Crippen molar-refractivity contribution in [2.24, 2.45) is 0 Å². The third-order valence-electron chi connectivity index (χ3n) is 6.38. The Kier molecular flexibility index (Phi) is 6.96. The lowest BCUT2D eigenvalue weighted by molar-refractivity contribution is -0.136. The molecule has 0 radical (unpaired) electrons.